The fraction of sp³-hybridized carbons (Fsp3) is 0.222. The molecule has 10 nitrogen and oxygen atoms in total. The monoisotopic (exact) mass is 380 g/mol. The molecule has 0 aliphatic heterocycles. The molecule has 0 bridgehead atoms. The van der Waals surface area contributed by atoms with Crippen LogP contribution < -0.4 is 0 Å². The lowest BCUT2D eigenvalue weighted by molar-refractivity contribution is 0.0944. The number of ether oxygens (including phenoxy) is 2. The predicted octanol–water partition coefficient (Wildman–Crippen LogP) is 2.78. The van der Waals surface area contributed by atoms with Crippen LogP contribution in [0, 0.1) is 22.7 Å². The molecule has 3 rings (SSSR count). The molecule has 2 aromatic rings. The van der Waals surface area contributed by atoms with Crippen molar-refractivity contribution in [3.8, 4) is 12.1 Å². The molecule has 2 aromatic heterocycles. The molecule has 1 aliphatic carbocycles. The maximum atomic E-state index is 12.9. The molecule has 0 unspecified atom stereocenters. The third kappa shape index (κ3) is 2.83. The van der Waals surface area contributed by atoms with Gasteiger partial charge < -0.3 is 18.3 Å². The smallest absolute Gasteiger partial charge is 0.241 e. The van der Waals surface area contributed by atoms with Gasteiger partial charge in [0.15, 0.2) is 24.3 Å². The predicted molar refractivity (Wildman–Crippen MR) is 93.3 cm³/mol. The number of furan rings is 2. The van der Waals surface area contributed by atoms with Crippen LogP contribution in [0.15, 0.2) is 18.8 Å². The number of carbonyl (C=O) groups is 2. The standard InChI is InChI=1S/C18H12N4O6/c1-3-25-7-21-17-9(5-19)11-13(23)16-12(14(24)15(11)27-17)10(6-20)18(28-16)22-8-26-4-2/h7-8H,3-4H2,1-2H3/b21-7+,22-8+. The van der Waals surface area contributed by atoms with Crippen molar-refractivity contribution in [3.63, 3.8) is 0 Å². The third-order valence-corrected chi connectivity index (χ3v) is 3.69. The van der Waals surface area contributed by atoms with Gasteiger partial charge in [-0.1, -0.05) is 0 Å². The van der Waals surface area contributed by atoms with E-state index in [1.807, 2.05) is 0 Å². The summed E-state index contributed by atoms with van der Waals surface area (Å²) < 4.78 is 20.6. The number of rotatable bonds is 6. The van der Waals surface area contributed by atoms with Gasteiger partial charge in [0, 0.05) is 0 Å². The number of aliphatic imine (C=N–C) groups is 2. The van der Waals surface area contributed by atoms with Crippen LogP contribution in [0.2, 0.25) is 0 Å². The van der Waals surface area contributed by atoms with E-state index in [9.17, 15) is 20.1 Å². The normalized spacial score (nSPS) is 12.7. The Morgan fingerprint density at radius 3 is 1.57 bits per heavy atom. The number of hydrogen-bond donors (Lipinski definition) is 0. The minimum atomic E-state index is -0.780. The molecule has 0 atom stereocenters. The largest absolute Gasteiger partial charge is 0.483 e. The zero-order chi connectivity index (χ0) is 20.3. The van der Waals surface area contributed by atoms with Gasteiger partial charge in [0.2, 0.25) is 23.3 Å². The first kappa shape index (κ1) is 18.6. The minimum absolute atomic E-state index is 0.232. The summed E-state index contributed by atoms with van der Waals surface area (Å²) in [6.45, 7) is 4.11. The highest BCUT2D eigenvalue weighted by Gasteiger charge is 2.43. The van der Waals surface area contributed by atoms with Crippen LogP contribution in [0.3, 0.4) is 0 Å². The first-order chi connectivity index (χ1) is 13.6. The van der Waals surface area contributed by atoms with Crippen molar-refractivity contribution < 1.29 is 27.9 Å². The number of nitrogens with zero attached hydrogens (tertiary/aromatic N) is 4. The Balaban J connectivity index is 2.16. The van der Waals surface area contributed by atoms with Gasteiger partial charge in [0.1, 0.15) is 23.3 Å². The zero-order valence-corrected chi connectivity index (χ0v) is 14.8. The molecule has 0 saturated heterocycles. The van der Waals surface area contributed by atoms with Crippen LogP contribution in [0.25, 0.3) is 0 Å². The summed E-state index contributed by atoms with van der Waals surface area (Å²) in [5, 5.41) is 18.8. The van der Waals surface area contributed by atoms with Crippen molar-refractivity contribution in [2.45, 2.75) is 13.8 Å². The quantitative estimate of drug-likeness (QED) is 0.467. The van der Waals surface area contributed by atoms with Gasteiger partial charge in [-0.25, -0.2) is 0 Å². The Labute approximate surface area is 158 Å². The van der Waals surface area contributed by atoms with Crippen LogP contribution in [-0.2, 0) is 9.47 Å². The second-order valence-corrected chi connectivity index (χ2v) is 5.23. The first-order valence-corrected chi connectivity index (χ1v) is 8.10. The molecule has 10 heteroatoms. The van der Waals surface area contributed by atoms with Crippen molar-refractivity contribution in [1.82, 2.24) is 0 Å². The van der Waals surface area contributed by atoms with Crippen LogP contribution in [0.5, 0.6) is 0 Å². The molecule has 0 aromatic carbocycles. The lowest BCUT2D eigenvalue weighted by Crippen LogP contribution is -2.19. The number of hydrogen-bond acceptors (Lipinski definition) is 10. The molecule has 28 heavy (non-hydrogen) atoms. The van der Waals surface area contributed by atoms with Gasteiger partial charge >= 0.3 is 0 Å². The molecular weight excluding hydrogens is 368 g/mol. The average molecular weight is 380 g/mol. The summed E-state index contributed by atoms with van der Waals surface area (Å²) in [7, 11) is 0. The second-order valence-electron chi connectivity index (χ2n) is 5.23. The fourth-order valence-electron chi connectivity index (χ4n) is 2.53. The Hall–Kier alpha value is -4.18. The van der Waals surface area contributed by atoms with Gasteiger partial charge in [-0.3, -0.25) is 9.59 Å². The average Bonchev–Trinajstić information content (AvgIpc) is 3.25. The molecule has 140 valence electrons. The zero-order valence-electron chi connectivity index (χ0n) is 14.8. The van der Waals surface area contributed by atoms with Crippen molar-refractivity contribution in [2.24, 2.45) is 9.98 Å². The summed E-state index contributed by atoms with van der Waals surface area (Å²) in [5.74, 6) is -2.85. The van der Waals surface area contributed by atoms with E-state index in [4.69, 9.17) is 18.3 Å². The summed E-state index contributed by atoms with van der Waals surface area (Å²) in [6, 6.07) is 3.59. The summed E-state index contributed by atoms with van der Waals surface area (Å²) in [5.41, 5.74) is -1.02. The van der Waals surface area contributed by atoms with E-state index in [2.05, 4.69) is 9.98 Å². The van der Waals surface area contributed by atoms with E-state index >= 15 is 0 Å². The molecule has 0 N–H and O–H groups in total. The molecule has 0 saturated carbocycles. The lowest BCUT2D eigenvalue weighted by Gasteiger charge is -2.06. The van der Waals surface area contributed by atoms with E-state index in [0.29, 0.717) is 13.2 Å². The van der Waals surface area contributed by atoms with Gasteiger partial charge in [-0.15, -0.1) is 0 Å². The van der Waals surface area contributed by atoms with Crippen molar-refractivity contribution in [2.75, 3.05) is 13.2 Å². The third-order valence-electron chi connectivity index (χ3n) is 3.69. The van der Waals surface area contributed by atoms with Crippen molar-refractivity contribution in [3.05, 3.63) is 33.8 Å². The van der Waals surface area contributed by atoms with E-state index < -0.39 is 23.1 Å². The Morgan fingerprint density at radius 2 is 1.25 bits per heavy atom. The first-order valence-electron chi connectivity index (χ1n) is 8.10. The lowest BCUT2D eigenvalue weighted by atomic mass is 9.90. The summed E-state index contributed by atoms with van der Waals surface area (Å²) >= 11 is 0. The highest BCUT2D eigenvalue weighted by molar-refractivity contribution is 6.28. The molecule has 2 heterocycles. The maximum Gasteiger partial charge on any atom is 0.241 e. The molecule has 0 spiro atoms. The number of fused-ring (bicyclic) bond motifs is 2. The van der Waals surface area contributed by atoms with Crippen LogP contribution in [0.4, 0.5) is 11.8 Å². The van der Waals surface area contributed by atoms with Crippen LogP contribution in [0.1, 0.15) is 57.2 Å². The number of nitriles is 2. The highest BCUT2D eigenvalue weighted by Crippen LogP contribution is 2.41. The second kappa shape index (κ2) is 7.60. The summed E-state index contributed by atoms with van der Waals surface area (Å²) in [6.07, 6.45) is 2.08. The van der Waals surface area contributed by atoms with Gasteiger partial charge in [0.25, 0.3) is 0 Å². The van der Waals surface area contributed by atoms with E-state index in [1.165, 1.54) is 0 Å². The fourth-order valence-corrected chi connectivity index (χ4v) is 2.53. The molecule has 0 amide bonds. The van der Waals surface area contributed by atoms with Crippen LogP contribution in [-0.4, -0.2) is 37.6 Å². The van der Waals surface area contributed by atoms with Crippen molar-refractivity contribution >= 4 is 36.1 Å². The Bertz CT molecular complexity index is 1020. The van der Waals surface area contributed by atoms with Gasteiger partial charge in [0.05, 0.1) is 24.3 Å². The number of ketones is 2. The van der Waals surface area contributed by atoms with E-state index in [1.54, 1.807) is 26.0 Å². The number of carbonyl (C=O) groups excluding carboxylic acids is 2. The summed E-state index contributed by atoms with van der Waals surface area (Å²) in [4.78, 5) is 33.4. The topological polar surface area (TPSA) is 151 Å². The Kier molecular flexibility index (Phi) is 5.05. The van der Waals surface area contributed by atoms with E-state index in [0.717, 1.165) is 12.8 Å². The molecule has 0 radical (unpaired) electrons. The Morgan fingerprint density at radius 1 is 0.857 bits per heavy atom. The molecule has 1 aliphatic rings. The molecular formula is C18H12N4O6. The molecule has 0 fully saturated rings. The maximum absolute atomic E-state index is 12.9. The van der Waals surface area contributed by atoms with Crippen molar-refractivity contribution in [1.29, 1.82) is 10.5 Å². The van der Waals surface area contributed by atoms with Crippen LogP contribution >= 0.6 is 0 Å². The highest BCUT2D eigenvalue weighted by atomic mass is 16.5. The van der Waals surface area contributed by atoms with Gasteiger partial charge in [-0.05, 0) is 13.8 Å². The SMILES string of the molecule is CCO/C=N/c1oc2c(c1C#N)C(=O)c1oc(/N=C/OCC)c(C#N)c1C2=O. The van der Waals surface area contributed by atoms with Gasteiger partial charge in [-0.2, -0.15) is 20.5 Å². The van der Waals surface area contributed by atoms with E-state index in [-0.39, 0.29) is 34.0 Å². The minimum Gasteiger partial charge on any atom is -0.483 e.